The van der Waals surface area contributed by atoms with E-state index in [4.69, 9.17) is 4.99 Å². The third kappa shape index (κ3) is 3.96. The largest absolute Gasteiger partial charge is 0.289 e. The van der Waals surface area contributed by atoms with E-state index in [0.29, 0.717) is 21.1 Å². The predicted octanol–water partition coefficient (Wildman–Crippen LogP) is 2.58. The van der Waals surface area contributed by atoms with Crippen LogP contribution in [0.15, 0.2) is 39.0 Å². The van der Waals surface area contributed by atoms with Gasteiger partial charge in [0.15, 0.2) is 5.65 Å². The summed E-state index contributed by atoms with van der Waals surface area (Å²) in [5, 5.41) is 4.54. The molecule has 1 aliphatic carbocycles. The number of carbonyl (C=O) groups excluding carboxylic acids is 1. The lowest BCUT2D eigenvalue weighted by Crippen LogP contribution is -2.34. The number of halogens is 1. The molecule has 3 heterocycles. The SMILES string of the molecule is Cc1ccn(C(=O)Cn2cnc3c(c(Br)nn3C)c2=O)c(=NC2CCCCC2)c1. The summed E-state index contributed by atoms with van der Waals surface area (Å²) in [4.78, 5) is 35.0. The van der Waals surface area contributed by atoms with Crippen molar-refractivity contribution in [2.45, 2.75) is 51.6 Å². The van der Waals surface area contributed by atoms with Gasteiger partial charge in [0, 0.05) is 13.2 Å². The van der Waals surface area contributed by atoms with E-state index in [1.165, 1.54) is 39.4 Å². The number of rotatable bonds is 3. The Balaban J connectivity index is 1.70. The fourth-order valence-electron chi connectivity index (χ4n) is 3.77. The van der Waals surface area contributed by atoms with Crippen LogP contribution in [0.5, 0.6) is 0 Å². The van der Waals surface area contributed by atoms with Gasteiger partial charge in [-0.3, -0.25) is 23.7 Å². The lowest BCUT2D eigenvalue weighted by Gasteiger charge is -2.18. The average Bonchev–Trinajstić information content (AvgIpc) is 2.99. The maximum Gasteiger partial charge on any atom is 0.266 e. The molecule has 8 nitrogen and oxygen atoms in total. The Kier molecular flexibility index (Phi) is 5.49. The highest BCUT2D eigenvalue weighted by Crippen LogP contribution is 2.19. The van der Waals surface area contributed by atoms with Crippen LogP contribution in [0.4, 0.5) is 0 Å². The Morgan fingerprint density at radius 3 is 2.83 bits per heavy atom. The van der Waals surface area contributed by atoms with Crippen molar-refractivity contribution in [3.05, 3.63) is 50.7 Å². The highest BCUT2D eigenvalue weighted by Gasteiger charge is 2.17. The summed E-state index contributed by atoms with van der Waals surface area (Å²) in [6.45, 7) is 1.86. The molecule has 1 saturated carbocycles. The normalized spacial score (nSPS) is 15.9. The van der Waals surface area contributed by atoms with Crippen LogP contribution in [0.3, 0.4) is 0 Å². The van der Waals surface area contributed by atoms with E-state index in [1.807, 2.05) is 19.1 Å². The lowest BCUT2D eigenvalue weighted by atomic mass is 9.96. The van der Waals surface area contributed by atoms with Crippen LogP contribution in [0.2, 0.25) is 0 Å². The van der Waals surface area contributed by atoms with Crippen molar-refractivity contribution >= 4 is 32.9 Å². The molecule has 1 fully saturated rings. The molecule has 4 rings (SSSR count). The first-order valence-electron chi connectivity index (χ1n) is 9.78. The molecular formula is C20H23BrN6O2. The summed E-state index contributed by atoms with van der Waals surface area (Å²) in [7, 11) is 1.72. The van der Waals surface area contributed by atoms with Crippen molar-refractivity contribution in [1.29, 1.82) is 0 Å². The summed E-state index contributed by atoms with van der Waals surface area (Å²) < 4.78 is 4.80. The van der Waals surface area contributed by atoms with Crippen molar-refractivity contribution in [3.63, 3.8) is 0 Å². The molecule has 29 heavy (non-hydrogen) atoms. The minimum Gasteiger partial charge on any atom is -0.289 e. The lowest BCUT2D eigenvalue weighted by molar-refractivity contribution is 0.0883. The second-order valence-corrected chi connectivity index (χ2v) is 8.29. The topological polar surface area (TPSA) is 87.1 Å². The van der Waals surface area contributed by atoms with E-state index in [-0.39, 0.29) is 24.1 Å². The molecule has 0 amide bonds. The van der Waals surface area contributed by atoms with E-state index in [2.05, 4.69) is 26.0 Å². The molecule has 0 atom stereocenters. The Labute approximate surface area is 176 Å². The zero-order chi connectivity index (χ0) is 20.5. The van der Waals surface area contributed by atoms with Crippen molar-refractivity contribution in [3.8, 4) is 0 Å². The van der Waals surface area contributed by atoms with Gasteiger partial charge in [-0.1, -0.05) is 19.3 Å². The molecule has 0 aliphatic heterocycles. The monoisotopic (exact) mass is 458 g/mol. The second-order valence-electron chi connectivity index (χ2n) is 7.54. The molecule has 0 unspecified atom stereocenters. The van der Waals surface area contributed by atoms with Crippen molar-refractivity contribution in [1.82, 2.24) is 23.9 Å². The van der Waals surface area contributed by atoms with E-state index in [0.717, 1.165) is 18.4 Å². The first kappa shape index (κ1) is 19.8. The summed E-state index contributed by atoms with van der Waals surface area (Å²) in [6.07, 6.45) is 8.83. The van der Waals surface area contributed by atoms with Gasteiger partial charge in [-0.15, -0.1) is 0 Å². The Morgan fingerprint density at radius 2 is 2.07 bits per heavy atom. The van der Waals surface area contributed by atoms with Crippen LogP contribution in [-0.2, 0) is 13.6 Å². The second kappa shape index (κ2) is 8.06. The number of aryl methyl sites for hydroxylation is 2. The van der Waals surface area contributed by atoms with Crippen LogP contribution >= 0.6 is 15.9 Å². The van der Waals surface area contributed by atoms with Gasteiger partial charge in [-0.05, 0) is 53.4 Å². The van der Waals surface area contributed by atoms with Gasteiger partial charge in [0.1, 0.15) is 28.3 Å². The Morgan fingerprint density at radius 1 is 1.31 bits per heavy atom. The molecule has 0 spiro atoms. The molecule has 3 aromatic heterocycles. The van der Waals surface area contributed by atoms with Gasteiger partial charge in [-0.2, -0.15) is 5.10 Å². The third-order valence-electron chi connectivity index (χ3n) is 5.32. The Hall–Kier alpha value is -2.55. The van der Waals surface area contributed by atoms with Crippen molar-refractivity contribution in [2.75, 3.05) is 0 Å². The van der Waals surface area contributed by atoms with Crippen molar-refractivity contribution in [2.24, 2.45) is 12.0 Å². The molecule has 0 N–H and O–H groups in total. The van der Waals surface area contributed by atoms with Crippen LogP contribution in [0, 0.1) is 6.92 Å². The average molecular weight is 459 g/mol. The summed E-state index contributed by atoms with van der Waals surface area (Å²) in [6, 6.07) is 4.05. The minimum atomic E-state index is -0.304. The number of hydrogen-bond acceptors (Lipinski definition) is 5. The van der Waals surface area contributed by atoms with Gasteiger partial charge in [-0.25, -0.2) is 9.67 Å². The molecule has 1 aliphatic rings. The highest BCUT2D eigenvalue weighted by molar-refractivity contribution is 9.10. The number of carbonyl (C=O) groups is 1. The molecule has 3 aromatic rings. The smallest absolute Gasteiger partial charge is 0.266 e. The van der Waals surface area contributed by atoms with Crippen LogP contribution in [-0.4, -0.2) is 35.8 Å². The first-order valence-corrected chi connectivity index (χ1v) is 10.6. The molecule has 0 radical (unpaired) electrons. The van der Waals surface area contributed by atoms with Gasteiger partial charge in [0.25, 0.3) is 11.5 Å². The third-order valence-corrected chi connectivity index (χ3v) is 5.88. The molecule has 9 heteroatoms. The standard InChI is InChI=1S/C20H23BrN6O2/c1-13-8-9-27(15(10-13)23-14-6-4-3-5-7-14)16(28)11-26-12-22-19-17(20(26)29)18(21)24-25(19)2/h8-10,12,14H,3-7,11H2,1-2H3. The number of fused-ring (bicyclic) bond motifs is 1. The van der Waals surface area contributed by atoms with Gasteiger partial charge >= 0.3 is 0 Å². The summed E-state index contributed by atoms with van der Waals surface area (Å²) in [5.74, 6) is -0.233. The maximum atomic E-state index is 13.0. The number of hydrogen-bond donors (Lipinski definition) is 0. The van der Waals surface area contributed by atoms with Gasteiger partial charge in [0.2, 0.25) is 0 Å². The summed E-state index contributed by atoms with van der Waals surface area (Å²) >= 11 is 3.30. The fraction of sp³-hybridized carbons (Fsp3) is 0.450. The zero-order valence-electron chi connectivity index (χ0n) is 16.5. The Bertz CT molecular complexity index is 1200. The van der Waals surface area contributed by atoms with Crippen LogP contribution in [0.25, 0.3) is 11.0 Å². The van der Waals surface area contributed by atoms with Crippen LogP contribution < -0.4 is 11.0 Å². The van der Waals surface area contributed by atoms with E-state index in [9.17, 15) is 9.59 Å². The minimum absolute atomic E-state index is 0.121. The highest BCUT2D eigenvalue weighted by atomic mass is 79.9. The molecular weight excluding hydrogens is 436 g/mol. The zero-order valence-corrected chi connectivity index (χ0v) is 18.1. The fourth-order valence-corrected chi connectivity index (χ4v) is 4.35. The predicted molar refractivity (Wildman–Crippen MR) is 113 cm³/mol. The number of aromatic nitrogens is 5. The molecule has 152 valence electrons. The quantitative estimate of drug-likeness (QED) is 0.603. The van der Waals surface area contributed by atoms with Crippen molar-refractivity contribution < 1.29 is 4.79 Å². The molecule has 0 bridgehead atoms. The van der Waals surface area contributed by atoms with Crippen LogP contribution in [0.1, 0.15) is 42.5 Å². The van der Waals surface area contributed by atoms with Gasteiger partial charge in [0.05, 0.1) is 6.04 Å². The van der Waals surface area contributed by atoms with Gasteiger partial charge < -0.3 is 0 Å². The number of nitrogens with zero attached hydrogens (tertiary/aromatic N) is 6. The van der Waals surface area contributed by atoms with E-state index < -0.39 is 0 Å². The maximum absolute atomic E-state index is 13.0. The molecule has 0 saturated heterocycles. The van der Waals surface area contributed by atoms with E-state index in [1.54, 1.807) is 13.2 Å². The molecule has 0 aromatic carbocycles. The summed E-state index contributed by atoms with van der Waals surface area (Å²) in [5.41, 5.74) is 1.86. The van der Waals surface area contributed by atoms with E-state index >= 15 is 0 Å². The first-order chi connectivity index (χ1) is 13.9. The number of pyridine rings is 1.